The van der Waals surface area contributed by atoms with Gasteiger partial charge in [0.1, 0.15) is 6.07 Å². The number of fused-ring (bicyclic) bond motifs is 1. The second kappa shape index (κ2) is 7.16. The maximum absolute atomic E-state index is 9.38. The summed E-state index contributed by atoms with van der Waals surface area (Å²) >= 11 is 2.22. The highest BCUT2D eigenvalue weighted by atomic mass is 127. The first kappa shape index (κ1) is 16.8. The van der Waals surface area contributed by atoms with Crippen LogP contribution in [0, 0.1) is 11.3 Å². The van der Waals surface area contributed by atoms with Crippen molar-refractivity contribution in [2.24, 2.45) is 0 Å². The molecular formula is C15H14BIN4S. The molecule has 1 heterocycles. The third-order valence-electron chi connectivity index (χ3n) is 3.14. The highest BCUT2D eigenvalue weighted by Gasteiger charge is 2.15. The zero-order valence-corrected chi connectivity index (χ0v) is 15.3. The van der Waals surface area contributed by atoms with Gasteiger partial charge in [0.25, 0.3) is 0 Å². The Kier molecular flexibility index (Phi) is 5.48. The molecule has 0 bridgehead atoms. The van der Waals surface area contributed by atoms with E-state index < -0.39 is 0 Å². The predicted molar refractivity (Wildman–Crippen MR) is 105 cm³/mol. The van der Waals surface area contributed by atoms with Gasteiger partial charge in [-0.25, -0.2) is 0 Å². The summed E-state index contributed by atoms with van der Waals surface area (Å²) in [4.78, 5) is 1.84. The van der Waals surface area contributed by atoms with E-state index >= 15 is 0 Å². The van der Waals surface area contributed by atoms with Crippen molar-refractivity contribution in [3.63, 3.8) is 0 Å². The van der Waals surface area contributed by atoms with Crippen LogP contribution < -0.4 is 5.23 Å². The number of hydrogen-bond donors (Lipinski definition) is 1. The van der Waals surface area contributed by atoms with Gasteiger partial charge >= 0.3 is 0 Å². The molecule has 1 aromatic heterocycles. The zero-order chi connectivity index (χ0) is 16.3. The predicted octanol–water partition coefficient (Wildman–Crippen LogP) is 3.97. The molecule has 0 aliphatic carbocycles. The Morgan fingerprint density at radius 2 is 2.23 bits per heavy atom. The number of rotatable bonds is 5. The Labute approximate surface area is 148 Å². The molecule has 2 radical (unpaired) electrons. The molecule has 2 aromatic rings. The van der Waals surface area contributed by atoms with E-state index in [9.17, 15) is 5.26 Å². The fraction of sp³-hybridized carbons (Fsp3) is 0.133. The van der Waals surface area contributed by atoms with Gasteiger partial charge in [-0.3, -0.25) is 3.97 Å². The van der Waals surface area contributed by atoms with Gasteiger partial charge in [0, 0.05) is 67.3 Å². The van der Waals surface area contributed by atoms with E-state index in [-0.39, 0.29) is 0 Å². The fourth-order valence-corrected chi connectivity index (χ4v) is 3.86. The highest BCUT2D eigenvalue weighted by molar-refractivity contribution is 14.2. The van der Waals surface area contributed by atoms with Gasteiger partial charge in [-0.1, -0.05) is 12.6 Å². The number of nitrogens with one attached hydrogen (secondary N) is 1. The maximum atomic E-state index is 9.38. The number of allylic oxidation sites excluding steroid dienone is 2. The molecule has 110 valence electrons. The second-order valence-electron chi connectivity index (χ2n) is 4.91. The van der Waals surface area contributed by atoms with Crippen LogP contribution in [-0.2, 0) is 0 Å². The van der Waals surface area contributed by atoms with Gasteiger partial charge in [-0.2, -0.15) is 5.26 Å². The summed E-state index contributed by atoms with van der Waals surface area (Å²) in [5.74, 6) is 0. The van der Waals surface area contributed by atoms with E-state index in [0.717, 1.165) is 22.3 Å². The molecule has 1 N–H and O–H groups in total. The molecule has 0 amide bonds. The summed E-state index contributed by atoms with van der Waals surface area (Å²) in [5.41, 5.74) is 3.99. The average Bonchev–Trinajstić information content (AvgIpc) is 2.88. The molecule has 0 unspecified atom stereocenters. The summed E-state index contributed by atoms with van der Waals surface area (Å²) < 4.78 is 2.04. The molecule has 0 spiro atoms. The lowest BCUT2D eigenvalue weighted by molar-refractivity contribution is 0.562. The molecule has 2 rings (SSSR count). The van der Waals surface area contributed by atoms with Crippen LogP contribution in [0.15, 0.2) is 42.6 Å². The third-order valence-corrected chi connectivity index (χ3v) is 4.85. The minimum Gasteiger partial charge on any atom is -0.437 e. The molecule has 0 atom stereocenters. The molecule has 0 saturated carbocycles. The van der Waals surface area contributed by atoms with Crippen molar-refractivity contribution in [1.82, 2.24) is 8.87 Å². The Morgan fingerprint density at radius 1 is 1.50 bits per heavy atom. The summed E-state index contributed by atoms with van der Waals surface area (Å²) in [6.07, 6.45) is 1.77. The second-order valence-corrected chi connectivity index (χ2v) is 6.59. The third kappa shape index (κ3) is 3.28. The molecule has 7 heteroatoms. The summed E-state index contributed by atoms with van der Waals surface area (Å²) in [5, 5.41) is 13.1. The van der Waals surface area contributed by atoms with Crippen molar-refractivity contribution >= 4 is 60.5 Å². The lowest BCUT2D eigenvalue weighted by Crippen LogP contribution is -2.04. The first-order chi connectivity index (χ1) is 10.5. The number of aromatic nitrogens is 1. The van der Waals surface area contributed by atoms with E-state index in [2.05, 4.69) is 39.1 Å². The van der Waals surface area contributed by atoms with Crippen LogP contribution in [0.3, 0.4) is 0 Å². The molecular weight excluding hydrogens is 406 g/mol. The SMILES string of the molecule is [B]Nc1ccc2cc(C(=C)/C(C#N)=C/N(C)C)n(SI)c2c1. The van der Waals surface area contributed by atoms with Crippen LogP contribution in [0.5, 0.6) is 0 Å². The quantitative estimate of drug-likeness (QED) is 0.344. The zero-order valence-electron chi connectivity index (χ0n) is 12.3. The minimum absolute atomic E-state index is 0.539. The molecule has 22 heavy (non-hydrogen) atoms. The molecule has 1 aromatic carbocycles. The van der Waals surface area contributed by atoms with Gasteiger partial charge < -0.3 is 10.1 Å². The number of nitriles is 1. The Balaban J connectivity index is 2.60. The minimum atomic E-state index is 0.539. The molecule has 0 fully saturated rings. The highest BCUT2D eigenvalue weighted by Crippen LogP contribution is 2.35. The Hall–Kier alpha value is -1.53. The van der Waals surface area contributed by atoms with Crippen molar-refractivity contribution < 1.29 is 0 Å². The van der Waals surface area contributed by atoms with Crippen LogP contribution >= 0.6 is 30.3 Å². The lowest BCUT2D eigenvalue weighted by atomic mass is 10.1. The van der Waals surface area contributed by atoms with Crippen molar-refractivity contribution in [3.8, 4) is 6.07 Å². The Bertz CT molecular complexity index is 789. The first-order valence-corrected chi connectivity index (χ1v) is 9.72. The summed E-state index contributed by atoms with van der Waals surface area (Å²) in [7, 11) is 10.8. The van der Waals surface area contributed by atoms with Gasteiger partial charge in [-0.15, -0.1) is 0 Å². The van der Waals surface area contributed by atoms with E-state index in [1.54, 1.807) is 6.20 Å². The number of hydrogen-bond acceptors (Lipinski definition) is 4. The number of nitrogens with zero attached hydrogens (tertiary/aromatic N) is 3. The van der Waals surface area contributed by atoms with E-state index in [4.69, 9.17) is 7.98 Å². The van der Waals surface area contributed by atoms with Gasteiger partial charge in [0.05, 0.1) is 16.8 Å². The molecule has 0 saturated heterocycles. The molecule has 0 aliphatic heterocycles. The van der Waals surface area contributed by atoms with Crippen LogP contribution in [0.2, 0.25) is 0 Å². The number of halogens is 1. The largest absolute Gasteiger partial charge is 0.437 e. The van der Waals surface area contributed by atoms with Gasteiger partial charge in [-0.05, 0) is 18.2 Å². The van der Waals surface area contributed by atoms with E-state index in [1.165, 1.54) is 9.12 Å². The van der Waals surface area contributed by atoms with Crippen molar-refractivity contribution in [3.05, 3.63) is 48.3 Å². The topological polar surface area (TPSA) is 44.0 Å². The van der Waals surface area contributed by atoms with Crippen molar-refractivity contribution in [1.29, 1.82) is 5.26 Å². The van der Waals surface area contributed by atoms with Crippen molar-refractivity contribution in [2.45, 2.75) is 0 Å². The summed E-state index contributed by atoms with van der Waals surface area (Å²) in [6, 6.07) is 10.1. The lowest BCUT2D eigenvalue weighted by Gasteiger charge is -2.11. The molecule has 4 nitrogen and oxygen atoms in total. The number of benzene rings is 1. The normalized spacial score (nSPS) is 11.3. The van der Waals surface area contributed by atoms with Crippen LogP contribution in [0.25, 0.3) is 16.5 Å². The number of anilines is 1. The van der Waals surface area contributed by atoms with E-state index in [0.29, 0.717) is 11.1 Å². The summed E-state index contributed by atoms with van der Waals surface area (Å²) in [6.45, 7) is 4.10. The smallest absolute Gasteiger partial charge is 0.222 e. The monoisotopic (exact) mass is 420 g/mol. The van der Waals surface area contributed by atoms with Crippen LogP contribution in [-0.4, -0.2) is 30.9 Å². The average molecular weight is 420 g/mol. The van der Waals surface area contributed by atoms with Crippen LogP contribution in [0.4, 0.5) is 5.69 Å². The van der Waals surface area contributed by atoms with Gasteiger partial charge in [0.15, 0.2) is 0 Å². The van der Waals surface area contributed by atoms with Gasteiger partial charge in [0.2, 0.25) is 7.98 Å². The first-order valence-electron chi connectivity index (χ1n) is 6.41. The van der Waals surface area contributed by atoms with Crippen LogP contribution in [0.1, 0.15) is 5.69 Å². The van der Waals surface area contributed by atoms with Crippen molar-refractivity contribution in [2.75, 3.05) is 19.3 Å². The van der Waals surface area contributed by atoms with E-state index in [1.807, 2.05) is 47.2 Å². The standard InChI is InChI=1S/C15H14BIN4S/c1-10(12(8-18)9-20(2)3)14-6-11-4-5-13(19-16)7-15(11)21(14)22-17/h4-7,9,19H,1H2,2-3H3/b12-9+. The Morgan fingerprint density at radius 3 is 2.77 bits per heavy atom. The molecule has 0 aliphatic rings. The maximum Gasteiger partial charge on any atom is 0.222 e. The fourth-order valence-electron chi connectivity index (χ4n) is 2.12.